The van der Waals surface area contributed by atoms with Gasteiger partial charge in [-0.15, -0.1) is 0 Å². The molecule has 0 radical (unpaired) electrons. The van der Waals surface area contributed by atoms with Gasteiger partial charge in [-0.25, -0.2) is 4.98 Å². The van der Waals surface area contributed by atoms with E-state index in [2.05, 4.69) is 48.4 Å². The number of pyridine rings is 1. The molecule has 5 nitrogen and oxygen atoms in total. The van der Waals surface area contributed by atoms with E-state index in [1.54, 1.807) is 6.20 Å². The Morgan fingerprint density at radius 3 is 2.71 bits per heavy atom. The molecule has 0 saturated carbocycles. The first-order valence-electron chi connectivity index (χ1n) is 7.62. The van der Waals surface area contributed by atoms with Crippen molar-refractivity contribution < 1.29 is 0 Å². The number of aryl methyl sites for hydroxylation is 2. The van der Waals surface area contributed by atoms with Crippen molar-refractivity contribution in [3.63, 3.8) is 0 Å². The summed E-state index contributed by atoms with van der Waals surface area (Å²) in [6.45, 7) is 4.67. The molecule has 0 unspecified atom stereocenters. The van der Waals surface area contributed by atoms with E-state index < -0.39 is 0 Å². The Balaban J connectivity index is 1.74. The average Bonchev–Trinajstić information content (AvgIpc) is 2.57. The van der Waals surface area contributed by atoms with E-state index in [-0.39, 0.29) is 0 Å². The van der Waals surface area contributed by atoms with E-state index >= 15 is 0 Å². The molecule has 2 aromatic heterocycles. The second-order valence-electron chi connectivity index (χ2n) is 5.52. The number of aromatic nitrogens is 3. The second-order valence-corrected chi connectivity index (χ2v) is 6.38. The first-order chi connectivity index (χ1) is 11.6. The van der Waals surface area contributed by atoms with E-state index in [0.717, 1.165) is 27.2 Å². The number of halogens is 1. The summed E-state index contributed by atoms with van der Waals surface area (Å²) in [4.78, 5) is 13.1. The van der Waals surface area contributed by atoms with Crippen LogP contribution < -0.4 is 10.6 Å². The maximum absolute atomic E-state index is 4.53. The molecule has 2 heterocycles. The van der Waals surface area contributed by atoms with Gasteiger partial charge in [0.15, 0.2) is 0 Å². The highest BCUT2D eigenvalue weighted by atomic mass is 79.9. The van der Waals surface area contributed by atoms with E-state index in [4.69, 9.17) is 0 Å². The molecule has 0 aliphatic rings. The Morgan fingerprint density at radius 2 is 1.96 bits per heavy atom. The number of benzene rings is 1. The molecule has 0 amide bonds. The van der Waals surface area contributed by atoms with E-state index in [1.807, 2.05) is 49.5 Å². The number of nitrogens with zero attached hydrogens (tertiary/aromatic N) is 3. The van der Waals surface area contributed by atoms with Crippen LogP contribution in [0.15, 0.2) is 53.3 Å². The number of hydrogen-bond acceptors (Lipinski definition) is 5. The minimum Gasteiger partial charge on any atom is -0.366 e. The van der Waals surface area contributed by atoms with Gasteiger partial charge >= 0.3 is 0 Å². The lowest BCUT2D eigenvalue weighted by molar-refractivity contribution is 1.05. The summed E-state index contributed by atoms with van der Waals surface area (Å²) in [7, 11) is 0. The van der Waals surface area contributed by atoms with Crippen molar-refractivity contribution in [1.82, 2.24) is 15.0 Å². The number of rotatable bonds is 5. The lowest BCUT2D eigenvalue weighted by atomic mass is 10.2. The molecule has 0 saturated heterocycles. The fourth-order valence-electron chi connectivity index (χ4n) is 2.21. The zero-order valence-electron chi connectivity index (χ0n) is 13.5. The molecule has 3 rings (SSSR count). The molecule has 0 aliphatic heterocycles. The van der Waals surface area contributed by atoms with Crippen LogP contribution in [-0.2, 0) is 6.54 Å². The van der Waals surface area contributed by atoms with Crippen molar-refractivity contribution in [2.45, 2.75) is 20.4 Å². The average molecular weight is 384 g/mol. The summed E-state index contributed by atoms with van der Waals surface area (Å²) >= 11 is 3.54. The zero-order valence-corrected chi connectivity index (χ0v) is 15.1. The van der Waals surface area contributed by atoms with E-state index in [0.29, 0.717) is 12.5 Å². The quantitative estimate of drug-likeness (QED) is 0.673. The monoisotopic (exact) mass is 383 g/mol. The van der Waals surface area contributed by atoms with Gasteiger partial charge in [0.1, 0.15) is 5.82 Å². The second kappa shape index (κ2) is 7.40. The van der Waals surface area contributed by atoms with Gasteiger partial charge in [-0.2, -0.15) is 4.98 Å². The van der Waals surface area contributed by atoms with Crippen LogP contribution in [0.2, 0.25) is 0 Å². The summed E-state index contributed by atoms with van der Waals surface area (Å²) in [5.41, 5.74) is 4.12. The Morgan fingerprint density at radius 1 is 1.08 bits per heavy atom. The third-order valence-corrected chi connectivity index (χ3v) is 4.33. The van der Waals surface area contributed by atoms with Crippen molar-refractivity contribution in [1.29, 1.82) is 0 Å². The topological polar surface area (TPSA) is 62.7 Å². The highest BCUT2D eigenvalue weighted by Gasteiger charge is 2.04. The number of nitrogens with one attached hydrogen (secondary N) is 2. The summed E-state index contributed by atoms with van der Waals surface area (Å²) in [6, 6.07) is 11.9. The highest BCUT2D eigenvalue weighted by Crippen LogP contribution is 2.23. The molecule has 0 bridgehead atoms. The third-order valence-electron chi connectivity index (χ3n) is 3.48. The van der Waals surface area contributed by atoms with E-state index in [1.165, 1.54) is 5.56 Å². The normalized spacial score (nSPS) is 10.5. The Hall–Kier alpha value is -2.47. The first-order valence-corrected chi connectivity index (χ1v) is 8.41. The van der Waals surface area contributed by atoms with Crippen LogP contribution in [0, 0.1) is 13.8 Å². The zero-order chi connectivity index (χ0) is 16.9. The van der Waals surface area contributed by atoms with Gasteiger partial charge in [0.05, 0.1) is 0 Å². The molecule has 3 aromatic rings. The van der Waals surface area contributed by atoms with Crippen LogP contribution in [0.1, 0.15) is 16.8 Å². The minimum atomic E-state index is 0.569. The summed E-state index contributed by atoms with van der Waals surface area (Å²) in [5.74, 6) is 1.35. The molecule has 0 atom stereocenters. The summed E-state index contributed by atoms with van der Waals surface area (Å²) in [6.07, 6.45) is 3.60. The predicted octanol–water partition coefficient (Wildman–Crippen LogP) is 4.61. The molecule has 0 fully saturated rings. The Labute approximate surface area is 149 Å². The van der Waals surface area contributed by atoms with Crippen LogP contribution in [0.4, 0.5) is 17.5 Å². The fourth-order valence-corrected chi connectivity index (χ4v) is 2.59. The van der Waals surface area contributed by atoms with Gasteiger partial charge in [0, 0.05) is 40.9 Å². The molecule has 6 heteroatoms. The molecule has 122 valence electrons. The molecule has 0 aliphatic carbocycles. The maximum Gasteiger partial charge on any atom is 0.229 e. The number of anilines is 3. The first kappa shape index (κ1) is 16.4. The summed E-state index contributed by atoms with van der Waals surface area (Å²) in [5, 5.41) is 6.55. The molecule has 0 spiro atoms. The molecule has 24 heavy (non-hydrogen) atoms. The lowest BCUT2D eigenvalue weighted by Crippen LogP contribution is -2.05. The van der Waals surface area contributed by atoms with Crippen molar-refractivity contribution in [3.05, 3.63) is 70.1 Å². The van der Waals surface area contributed by atoms with Gasteiger partial charge in [-0.1, -0.05) is 28.1 Å². The largest absolute Gasteiger partial charge is 0.366 e. The smallest absolute Gasteiger partial charge is 0.229 e. The van der Waals surface area contributed by atoms with E-state index in [9.17, 15) is 0 Å². The van der Waals surface area contributed by atoms with Crippen LogP contribution in [0.25, 0.3) is 0 Å². The highest BCUT2D eigenvalue weighted by molar-refractivity contribution is 9.10. The molecule has 2 N–H and O–H groups in total. The molecular weight excluding hydrogens is 366 g/mol. The Kier molecular flexibility index (Phi) is 5.05. The van der Waals surface area contributed by atoms with Gasteiger partial charge in [0.2, 0.25) is 5.95 Å². The van der Waals surface area contributed by atoms with Crippen LogP contribution >= 0.6 is 15.9 Å². The van der Waals surface area contributed by atoms with Gasteiger partial charge in [-0.05, 0) is 43.2 Å². The van der Waals surface area contributed by atoms with Crippen molar-refractivity contribution >= 4 is 33.4 Å². The minimum absolute atomic E-state index is 0.569. The van der Waals surface area contributed by atoms with Gasteiger partial charge in [-0.3, -0.25) is 4.98 Å². The third kappa shape index (κ3) is 4.29. The molecule has 1 aromatic carbocycles. The predicted molar refractivity (Wildman–Crippen MR) is 100 cm³/mol. The summed E-state index contributed by atoms with van der Waals surface area (Å²) < 4.78 is 1.05. The SMILES string of the molecule is Cc1cc(NCc2cccnc2)nc(Nc2ccc(C)c(Br)c2)n1. The van der Waals surface area contributed by atoms with Crippen LogP contribution in [0.3, 0.4) is 0 Å². The van der Waals surface area contributed by atoms with Crippen molar-refractivity contribution in [2.24, 2.45) is 0 Å². The number of hydrogen-bond donors (Lipinski definition) is 2. The Bertz CT molecular complexity index is 836. The van der Waals surface area contributed by atoms with Gasteiger partial charge < -0.3 is 10.6 Å². The fraction of sp³-hybridized carbons (Fsp3) is 0.167. The van der Waals surface area contributed by atoms with Crippen molar-refractivity contribution in [3.8, 4) is 0 Å². The standard InChI is InChI=1S/C18H18BrN5/c1-12-5-6-15(9-16(12)19)23-18-22-13(2)8-17(24-18)21-11-14-4-3-7-20-10-14/h3-10H,11H2,1-2H3,(H2,21,22,23,24). The maximum atomic E-state index is 4.53. The lowest BCUT2D eigenvalue weighted by Gasteiger charge is -2.10. The van der Waals surface area contributed by atoms with Gasteiger partial charge in [0.25, 0.3) is 0 Å². The van der Waals surface area contributed by atoms with Crippen LogP contribution in [0.5, 0.6) is 0 Å². The van der Waals surface area contributed by atoms with Crippen molar-refractivity contribution in [2.75, 3.05) is 10.6 Å². The van der Waals surface area contributed by atoms with Crippen LogP contribution in [-0.4, -0.2) is 15.0 Å². The molecular formula is C18H18BrN5.